The van der Waals surface area contributed by atoms with Gasteiger partial charge in [-0.15, -0.1) is 4.18 Å². The maximum absolute atomic E-state index is 11.9. The van der Waals surface area contributed by atoms with Crippen molar-refractivity contribution in [2.45, 2.75) is 39.2 Å². The second-order valence-electron chi connectivity index (χ2n) is 5.64. The molecular formula is C12H24NO4S+. The average Bonchev–Trinajstić information content (AvgIpc) is 2.24. The minimum Gasteiger partial charge on any atom is -0.444 e. The number of piperidine rings is 1. The molecule has 1 heterocycles. The van der Waals surface area contributed by atoms with Crippen molar-refractivity contribution < 1.29 is 18.3 Å². The molecule has 0 saturated carbocycles. The summed E-state index contributed by atoms with van der Waals surface area (Å²) < 4.78 is 19.7. The highest BCUT2D eigenvalue weighted by molar-refractivity contribution is 7.86. The summed E-state index contributed by atoms with van der Waals surface area (Å²) in [7, 11) is 0. The van der Waals surface area contributed by atoms with Crippen LogP contribution in [0.25, 0.3) is 0 Å². The normalized spacial score (nSPS) is 22.7. The molecule has 2 unspecified atom stereocenters. The van der Waals surface area contributed by atoms with E-state index in [1.807, 2.05) is 20.8 Å². The maximum Gasteiger partial charge on any atom is 0.410 e. The van der Waals surface area contributed by atoms with Crippen LogP contribution in [0.5, 0.6) is 0 Å². The number of hydrogen-bond acceptors (Lipinski definition) is 4. The molecule has 0 aromatic heterocycles. The Labute approximate surface area is 112 Å². The number of hydrogen-bond donors (Lipinski definition) is 1. The van der Waals surface area contributed by atoms with Crippen molar-refractivity contribution in [3.05, 3.63) is 0 Å². The van der Waals surface area contributed by atoms with Crippen molar-refractivity contribution in [3.63, 3.8) is 0 Å². The fraction of sp³-hybridized carbons (Fsp3) is 0.917. The monoisotopic (exact) mass is 278 g/mol. The summed E-state index contributed by atoms with van der Waals surface area (Å²) in [5, 5.41) is 0. The fourth-order valence-corrected chi connectivity index (χ4v) is 2.28. The van der Waals surface area contributed by atoms with E-state index in [2.05, 4.69) is 0 Å². The summed E-state index contributed by atoms with van der Waals surface area (Å²) in [5.41, 5.74) is -0.457. The molecule has 1 rings (SSSR count). The lowest BCUT2D eigenvalue weighted by molar-refractivity contribution is 0.0142. The SMILES string of the molecule is C[S+](O)OCC1CCCN(C(=O)OC(C)(C)C)C1. The Balaban J connectivity index is 2.40. The van der Waals surface area contributed by atoms with E-state index in [0.29, 0.717) is 13.2 Å². The van der Waals surface area contributed by atoms with Crippen LogP contribution in [0.15, 0.2) is 0 Å². The number of amides is 1. The number of carbonyl (C=O) groups is 1. The Kier molecular flexibility index (Phi) is 5.75. The second-order valence-corrected chi connectivity index (χ2v) is 6.73. The van der Waals surface area contributed by atoms with E-state index in [1.165, 1.54) is 0 Å². The molecule has 0 aliphatic carbocycles. The van der Waals surface area contributed by atoms with E-state index in [1.54, 1.807) is 11.2 Å². The molecule has 0 aromatic carbocycles. The van der Waals surface area contributed by atoms with Crippen LogP contribution in [-0.4, -0.2) is 47.1 Å². The lowest BCUT2D eigenvalue weighted by atomic mass is 9.99. The number of ether oxygens (including phenoxy) is 1. The minimum absolute atomic E-state index is 0.258. The quantitative estimate of drug-likeness (QED) is 0.805. The molecule has 0 radical (unpaired) electrons. The number of likely N-dealkylation sites (tertiary alicyclic amines) is 1. The zero-order chi connectivity index (χ0) is 13.8. The van der Waals surface area contributed by atoms with Crippen LogP contribution < -0.4 is 0 Å². The van der Waals surface area contributed by atoms with Gasteiger partial charge in [-0.3, -0.25) is 0 Å². The summed E-state index contributed by atoms with van der Waals surface area (Å²) in [6.07, 6.45) is 3.34. The van der Waals surface area contributed by atoms with E-state index < -0.39 is 17.1 Å². The molecule has 0 aromatic rings. The van der Waals surface area contributed by atoms with Gasteiger partial charge in [-0.05, 0) is 33.6 Å². The van der Waals surface area contributed by atoms with Crippen molar-refractivity contribution in [3.8, 4) is 0 Å². The number of carbonyl (C=O) groups excluding carboxylic acids is 1. The Bertz CT molecular complexity index is 278. The Morgan fingerprint density at radius 2 is 2.17 bits per heavy atom. The average molecular weight is 278 g/mol. The zero-order valence-electron chi connectivity index (χ0n) is 11.6. The lowest BCUT2D eigenvalue weighted by Gasteiger charge is -2.33. The van der Waals surface area contributed by atoms with Crippen LogP contribution >= 0.6 is 0 Å². The highest BCUT2D eigenvalue weighted by Gasteiger charge is 2.28. The van der Waals surface area contributed by atoms with E-state index in [-0.39, 0.29) is 12.0 Å². The molecule has 0 spiro atoms. The largest absolute Gasteiger partial charge is 0.444 e. The first-order valence-corrected chi connectivity index (χ1v) is 7.75. The van der Waals surface area contributed by atoms with Crippen molar-refractivity contribution in [1.82, 2.24) is 4.90 Å². The van der Waals surface area contributed by atoms with Gasteiger partial charge >= 0.3 is 17.5 Å². The summed E-state index contributed by atoms with van der Waals surface area (Å²) >= 11 is -0.990. The molecule has 5 nitrogen and oxygen atoms in total. The fourth-order valence-electron chi connectivity index (χ4n) is 1.89. The van der Waals surface area contributed by atoms with Crippen LogP contribution in [0.3, 0.4) is 0 Å². The summed E-state index contributed by atoms with van der Waals surface area (Å²) in [6, 6.07) is 0. The predicted molar refractivity (Wildman–Crippen MR) is 72.4 cm³/mol. The molecule has 6 heteroatoms. The molecule has 18 heavy (non-hydrogen) atoms. The molecule has 0 bridgehead atoms. The van der Waals surface area contributed by atoms with Crippen LogP contribution in [0.1, 0.15) is 33.6 Å². The number of rotatable bonds is 3. The summed E-state index contributed by atoms with van der Waals surface area (Å²) in [5.74, 6) is 0.286. The van der Waals surface area contributed by atoms with Crippen molar-refractivity contribution in [1.29, 1.82) is 0 Å². The van der Waals surface area contributed by atoms with E-state index >= 15 is 0 Å². The van der Waals surface area contributed by atoms with Crippen molar-refractivity contribution in [2.24, 2.45) is 5.92 Å². The molecule has 1 aliphatic heterocycles. The minimum atomic E-state index is -0.990. The van der Waals surface area contributed by atoms with Crippen LogP contribution in [0.4, 0.5) is 4.79 Å². The highest BCUT2D eigenvalue weighted by atomic mass is 32.2. The summed E-state index contributed by atoms with van der Waals surface area (Å²) in [6.45, 7) is 7.47. The first kappa shape index (κ1) is 15.6. The molecule has 1 amide bonds. The van der Waals surface area contributed by atoms with Gasteiger partial charge in [0.15, 0.2) is 6.26 Å². The van der Waals surface area contributed by atoms with Crippen LogP contribution in [0, 0.1) is 5.92 Å². The van der Waals surface area contributed by atoms with Gasteiger partial charge in [0.1, 0.15) is 12.2 Å². The Morgan fingerprint density at radius 1 is 1.50 bits per heavy atom. The third-order valence-corrected chi connectivity index (χ3v) is 3.12. The second kappa shape index (κ2) is 6.63. The van der Waals surface area contributed by atoms with E-state index in [4.69, 9.17) is 13.5 Å². The van der Waals surface area contributed by atoms with Crippen LogP contribution in [-0.2, 0) is 20.4 Å². The van der Waals surface area contributed by atoms with Gasteiger partial charge in [0.2, 0.25) is 0 Å². The summed E-state index contributed by atoms with van der Waals surface area (Å²) in [4.78, 5) is 13.6. The van der Waals surface area contributed by atoms with Gasteiger partial charge in [0.05, 0.1) is 0 Å². The lowest BCUT2D eigenvalue weighted by Crippen LogP contribution is -2.43. The Hall–Kier alpha value is -0.460. The predicted octanol–water partition coefficient (Wildman–Crippen LogP) is 2.29. The topological polar surface area (TPSA) is 59.0 Å². The molecule has 1 saturated heterocycles. The standard InChI is InChI=1S/C12H24NO4S/c1-12(2,3)17-11(14)13-7-5-6-10(8-13)9-16-18(4)15/h10,15H,5-9H2,1-4H3/q+1. The third kappa shape index (κ3) is 5.93. The highest BCUT2D eigenvalue weighted by Crippen LogP contribution is 2.19. The van der Waals surface area contributed by atoms with E-state index in [9.17, 15) is 4.79 Å². The van der Waals surface area contributed by atoms with Gasteiger partial charge < -0.3 is 9.64 Å². The molecule has 1 N–H and O–H groups in total. The molecular weight excluding hydrogens is 254 g/mol. The molecule has 1 aliphatic rings. The maximum atomic E-state index is 11.9. The smallest absolute Gasteiger partial charge is 0.410 e. The Morgan fingerprint density at radius 3 is 2.72 bits per heavy atom. The van der Waals surface area contributed by atoms with Gasteiger partial charge in [-0.1, -0.05) is 0 Å². The van der Waals surface area contributed by atoms with Gasteiger partial charge in [-0.25, -0.2) is 4.79 Å². The molecule has 1 fully saturated rings. The van der Waals surface area contributed by atoms with Crippen molar-refractivity contribution >= 4 is 17.5 Å². The van der Waals surface area contributed by atoms with Gasteiger partial charge in [0, 0.05) is 19.0 Å². The first-order valence-electron chi connectivity index (χ1n) is 6.24. The van der Waals surface area contributed by atoms with Crippen LogP contribution in [0.2, 0.25) is 0 Å². The van der Waals surface area contributed by atoms with Gasteiger partial charge in [-0.2, -0.15) is 4.55 Å². The van der Waals surface area contributed by atoms with Crippen molar-refractivity contribution in [2.75, 3.05) is 26.0 Å². The zero-order valence-corrected chi connectivity index (χ0v) is 12.5. The van der Waals surface area contributed by atoms with E-state index in [0.717, 1.165) is 19.4 Å². The third-order valence-electron chi connectivity index (χ3n) is 2.64. The van der Waals surface area contributed by atoms with Gasteiger partial charge in [0.25, 0.3) is 0 Å². The molecule has 2 atom stereocenters. The molecule has 106 valence electrons. The first-order chi connectivity index (χ1) is 8.28. The number of nitrogens with zero attached hydrogens (tertiary/aromatic N) is 1.